The summed E-state index contributed by atoms with van der Waals surface area (Å²) in [6.45, 7) is 4.27. The minimum absolute atomic E-state index is 0.00617. The van der Waals surface area contributed by atoms with Gasteiger partial charge in [0.2, 0.25) is 0 Å². The van der Waals surface area contributed by atoms with Gasteiger partial charge >= 0.3 is 11.9 Å². The summed E-state index contributed by atoms with van der Waals surface area (Å²) in [5.74, 6) is -1.89. The summed E-state index contributed by atoms with van der Waals surface area (Å²) in [6.07, 6.45) is 4.03. The molecule has 4 heterocycles. The highest BCUT2D eigenvalue weighted by atomic mass is 16.5. The van der Waals surface area contributed by atoms with Gasteiger partial charge in [0, 0.05) is 31.5 Å². The second kappa shape index (κ2) is 9.47. The fourth-order valence-corrected chi connectivity index (χ4v) is 5.97. The van der Waals surface area contributed by atoms with E-state index in [1.54, 1.807) is 43.7 Å². The molecule has 2 aliphatic rings. The van der Waals surface area contributed by atoms with Crippen LogP contribution in [0.3, 0.4) is 0 Å². The number of esters is 2. The number of ether oxygens (including phenoxy) is 2. The first-order chi connectivity index (χ1) is 16.8. The lowest BCUT2D eigenvalue weighted by molar-refractivity contribution is -0.205. The first-order valence-corrected chi connectivity index (χ1v) is 11.8. The van der Waals surface area contributed by atoms with Crippen LogP contribution in [0.15, 0.2) is 48.8 Å². The van der Waals surface area contributed by atoms with Crippen LogP contribution in [-0.2, 0) is 23.9 Å². The number of methoxy groups -OCH3 is 2. The number of fused-ring (bicyclic) bond motifs is 2. The van der Waals surface area contributed by atoms with Gasteiger partial charge in [0.25, 0.3) is 0 Å². The van der Waals surface area contributed by atoms with E-state index < -0.39 is 40.6 Å². The number of carbonyl (C=O) groups is 3. The average molecular weight is 481 g/mol. The number of likely N-dealkylation sites (tertiary alicyclic amines) is 2. The number of carbonyl (C=O) groups excluding carboxylic acids is 3. The first-order valence-electron chi connectivity index (χ1n) is 11.8. The maximum atomic E-state index is 14.7. The number of hydrogen-bond donors (Lipinski definition) is 0. The predicted octanol–water partition coefficient (Wildman–Crippen LogP) is 2.21. The Balaban J connectivity index is 2.09. The van der Waals surface area contributed by atoms with E-state index in [9.17, 15) is 14.4 Å². The number of Topliss-reactive ketones (excluding diaryl/α,β-unsaturated/α-hetero) is 1. The van der Waals surface area contributed by atoms with Gasteiger partial charge in [-0.15, -0.1) is 0 Å². The molecule has 0 N–H and O–H groups in total. The largest absolute Gasteiger partial charge is 0.468 e. The number of hydrogen-bond acceptors (Lipinski definition) is 9. The number of ketones is 1. The zero-order valence-corrected chi connectivity index (χ0v) is 20.8. The number of aromatic nitrogens is 2. The van der Waals surface area contributed by atoms with Gasteiger partial charge in [-0.25, -0.2) is 0 Å². The molecule has 0 aromatic carbocycles. The molecule has 9 nitrogen and oxygen atoms in total. The van der Waals surface area contributed by atoms with Crippen LogP contribution in [-0.4, -0.2) is 77.9 Å². The third-order valence-corrected chi connectivity index (χ3v) is 7.71. The molecule has 4 rings (SSSR count). The Morgan fingerprint density at radius 3 is 1.77 bits per heavy atom. The van der Waals surface area contributed by atoms with Gasteiger partial charge in [0.15, 0.2) is 16.6 Å². The van der Waals surface area contributed by atoms with Gasteiger partial charge in [-0.2, -0.15) is 0 Å². The van der Waals surface area contributed by atoms with Crippen LogP contribution in [0.25, 0.3) is 0 Å². The van der Waals surface area contributed by atoms with Crippen molar-refractivity contribution < 1.29 is 23.9 Å². The standard InChI is InChI=1S/C26H32N4O5/c1-6-17(2)30-15-25(23(32)34-4)20(18-11-7-9-13-27-18)29(3)21(19-12-8-10-14-28-19)26(16-30,22(25)31)24(33)35-5/h7-14,17,20-21H,6,15-16H2,1-5H3. The molecule has 2 fully saturated rings. The molecule has 0 saturated carbocycles. The first kappa shape index (κ1) is 24.9. The summed E-state index contributed by atoms with van der Waals surface area (Å²) < 4.78 is 10.6. The van der Waals surface area contributed by atoms with Crippen molar-refractivity contribution in [2.75, 3.05) is 34.4 Å². The van der Waals surface area contributed by atoms with E-state index >= 15 is 0 Å². The number of piperidine rings is 2. The summed E-state index contributed by atoms with van der Waals surface area (Å²) >= 11 is 0. The molecule has 2 bridgehead atoms. The second-order valence-electron chi connectivity index (χ2n) is 9.40. The van der Waals surface area contributed by atoms with Crippen LogP contribution in [0.2, 0.25) is 0 Å². The molecular formula is C26H32N4O5. The zero-order valence-electron chi connectivity index (χ0n) is 20.8. The Bertz CT molecular complexity index is 1020. The monoisotopic (exact) mass is 480 g/mol. The molecular weight excluding hydrogens is 448 g/mol. The van der Waals surface area contributed by atoms with Crippen molar-refractivity contribution in [3.63, 3.8) is 0 Å². The molecule has 35 heavy (non-hydrogen) atoms. The highest BCUT2D eigenvalue weighted by Crippen LogP contribution is 2.60. The van der Waals surface area contributed by atoms with Crippen molar-refractivity contribution in [1.29, 1.82) is 0 Å². The molecule has 0 radical (unpaired) electrons. The molecule has 0 spiro atoms. The van der Waals surface area contributed by atoms with Crippen LogP contribution in [0.1, 0.15) is 43.7 Å². The lowest BCUT2D eigenvalue weighted by Crippen LogP contribution is -2.76. The lowest BCUT2D eigenvalue weighted by atomic mass is 9.54. The van der Waals surface area contributed by atoms with Crippen molar-refractivity contribution >= 4 is 17.7 Å². The van der Waals surface area contributed by atoms with Crippen LogP contribution in [0.4, 0.5) is 0 Å². The van der Waals surface area contributed by atoms with Gasteiger partial charge < -0.3 is 9.47 Å². The third-order valence-electron chi connectivity index (χ3n) is 7.71. The topological polar surface area (TPSA) is 102 Å². The van der Waals surface area contributed by atoms with E-state index in [4.69, 9.17) is 9.47 Å². The molecule has 2 saturated heterocycles. The van der Waals surface area contributed by atoms with Gasteiger partial charge in [0.05, 0.1) is 37.7 Å². The van der Waals surface area contributed by atoms with E-state index in [2.05, 4.69) is 9.97 Å². The number of nitrogens with zero attached hydrogens (tertiary/aromatic N) is 4. The van der Waals surface area contributed by atoms with Crippen LogP contribution < -0.4 is 0 Å². The van der Waals surface area contributed by atoms with E-state index in [1.165, 1.54) is 14.2 Å². The molecule has 0 aliphatic carbocycles. The summed E-state index contributed by atoms with van der Waals surface area (Å²) in [5, 5.41) is 0. The zero-order chi connectivity index (χ0) is 25.4. The van der Waals surface area contributed by atoms with Crippen molar-refractivity contribution in [2.45, 2.75) is 38.4 Å². The maximum Gasteiger partial charge on any atom is 0.322 e. The highest BCUT2D eigenvalue weighted by molar-refractivity contribution is 6.17. The van der Waals surface area contributed by atoms with E-state index in [0.717, 1.165) is 6.42 Å². The molecule has 0 amide bonds. The van der Waals surface area contributed by atoms with Gasteiger partial charge in [-0.1, -0.05) is 19.1 Å². The molecule has 5 atom stereocenters. The summed E-state index contributed by atoms with van der Waals surface area (Å²) in [7, 11) is 4.35. The normalized spacial score (nSPS) is 29.9. The van der Waals surface area contributed by atoms with Crippen molar-refractivity contribution in [1.82, 2.24) is 19.8 Å². The second-order valence-corrected chi connectivity index (χ2v) is 9.40. The minimum atomic E-state index is -1.70. The van der Waals surface area contributed by atoms with Gasteiger partial charge in [-0.3, -0.25) is 34.2 Å². The third kappa shape index (κ3) is 3.56. The van der Waals surface area contributed by atoms with Crippen molar-refractivity contribution in [3.8, 4) is 0 Å². The van der Waals surface area contributed by atoms with E-state index in [0.29, 0.717) is 11.4 Å². The van der Waals surface area contributed by atoms with Crippen molar-refractivity contribution in [2.24, 2.45) is 10.8 Å². The lowest BCUT2D eigenvalue weighted by Gasteiger charge is -2.61. The van der Waals surface area contributed by atoms with Gasteiger partial charge in [0.1, 0.15) is 0 Å². The minimum Gasteiger partial charge on any atom is -0.468 e. The van der Waals surface area contributed by atoms with E-state index in [1.807, 2.05) is 35.8 Å². The number of rotatable bonds is 6. The van der Waals surface area contributed by atoms with Crippen LogP contribution in [0, 0.1) is 10.8 Å². The van der Waals surface area contributed by atoms with Crippen molar-refractivity contribution in [3.05, 3.63) is 60.2 Å². The van der Waals surface area contributed by atoms with Crippen LogP contribution >= 0.6 is 0 Å². The predicted molar refractivity (Wildman–Crippen MR) is 127 cm³/mol. The van der Waals surface area contributed by atoms with Crippen LogP contribution in [0.5, 0.6) is 0 Å². The summed E-state index contributed by atoms with van der Waals surface area (Å²) in [4.78, 5) is 55.1. The molecule has 2 aromatic heterocycles. The van der Waals surface area contributed by atoms with Gasteiger partial charge in [-0.05, 0) is 44.7 Å². The summed E-state index contributed by atoms with van der Waals surface area (Å²) in [6, 6.07) is 9.19. The smallest absolute Gasteiger partial charge is 0.322 e. The molecule has 2 aliphatic heterocycles. The average Bonchev–Trinajstić information content (AvgIpc) is 2.89. The molecule has 2 aromatic rings. The summed E-state index contributed by atoms with van der Waals surface area (Å²) in [5.41, 5.74) is -2.31. The molecule has 186 valence electrons. The Labute approximate surface area is 205 Å². The fraction of sp³-hybridized carbons (Fsp3) is 0.500. The quantitative estimate of drug-likeness (QED) is 0.455. The Hall–Kier alpha value is -3.17. The Morgan fingerprint density at radius 2 is 1.43 bits per heavy atom. The highest BCUT2D eigenvalue weighted by Gasteiger charge is 2.75. The SMILES string of the molecule is CCC(C)N1CC2(C(=O)OC)C(=O)C(C(=O)OC)(C1)C(c1ccccn1)N(C)C2c1ccccn1. The maximum absolute atomic E-state index is 14.7. The Morgan fingerprint density at radius 1 is 0.971 bits per heavy atom. The molecule has 5 unspecified atom stereocenters. The Kier molecular flexibility index (Phi) is 6.75. The number of pyridine rings is 2. The molecule has 9 heteroatoms. The fourth-order valence-electron chi connectivity index (χ4n) is 5.97. The van der Waals surface area contributed by atoms with E-state index in [-0.39, 0.29) is 19.1 Å².